The lowest BCUT2D eigenvalue weighted by atomic mass is 10.1. The standard InChI is InChI=1S/C15H24N2O2/c1-17-9-3-4-14(12-17)16-13-5-7-15(8-6-13)19-11-10-18-2/h5-8,14,16H,3-4,9-12H2,1-2H3. The summed E-state index contributed by atoms with van der Waals surface area (Å²) in [6.45, 7) is 3.54. The van der Waals surface area contributed by atoms with Crippen molar-refractivity contribution in [3.8, 4) is 5.75 Å². The number of nitrogens with zero attached hydrogens (tertiary/aromatic N) is 1. The Labute approximate surface area is 115 Å². The normalized spacial score (nSPS) is 20.2. The van der Waals surface area contributed by atoms with Crippen LogP contribution in [0.15, 0.2) is 24.3 Å². The zero-order valence-electron chi connectivity index (χ0n) is 11.9. The van der Waals surface area contributed by atoms with Crippen molar-refractivity contribution in [2.24, 2.45) is 0 Å². The minimum Gasteiger partial charge on any atom is -0.491 e. The molecule has 1 N–H and O–H groups in total. The molecule has 19 heavy (non-hydrogen) atoms. The molecule has 0 amide bonds. The van der Waals surface area contributed by atoms with Gasteiger partial charge in [0.05, 0.1) is 6.61 Å². The number of rotatable bonds is 6. The van der Waals surface area contributed by atoms with Gasteiger partial charge in [-0.2, -0.15) is 0 Å². The van der Waals surface area contributed by atoms with E-state index in [2.05, 4.69) is 29.4 Å². The van der Waals surface area contributed by atoms with Gasteiger partial charge in [-0.25, -0.2) is 0 Å². The molecule has 1 aromatic carbocycles. The summed E-state index contributed by atoms with van der Waals surface area (Å²) in [5.74, 6) is 0.892. The van der Waals surface area contributed by atoms with Gasteiger partial charge in [0.2, 0.25) is 0 Å². The van der Waals surface area contributed by atoms with Crippen LogP contribution in [0, 0.1) is 0 Å². The number of hydrogen-bond donors (Lipinski definition) is 1. The average molecular weight is 264 g/mol. The Morgan fingerprint density at radius 2 is 2.05 bits per heavy atom. The van der Waals surface area contributed by atoms with E-state index >= 15 is 0 Å². The van der Waals surface area contributed by atoms with Gasteiger partial charge in [-0.15, -0.1) is 0 Å². The van der Waals surface area contributed by atoms with E-state index < -0.39 is 0 Å². The van der Waals surface area contributed by atoms with Crippen molar-refractivity contribution < 1.29 is 9.47 Å². The lowest BCUT2D eigenvalue weighted by molar-refractivity contribution is 0.146. The van der Waals surface area contributed by atoms with Crippen molar-refractivity contribution in [2.45, 2.75) is 18.9 Å². The number of hydrogen-bond acceptors (Lipinski definition) is 4. The molecule has 0 aliphatic carbocycles. The minimum absolute atomic E-state index is 0.555. The Hall–Kier alpha value is -1.26. The lowest BCUT2D eigenvalue weighted by Crippen LogP contribution is -2.39. The second kappa shape index (κ2) is 7.36. The number of methoxy groups -OCH3 is 1. The van der Waals surface area contributed by atoms with Crippen LogP contribution in [0.3, 0.4) is 0 Å². The molecule has 0 spiro atoms. The second-order valence-corrected chi connectivity index (χ2v) is 5.11. The Kier molecular flexibility index (Phi) is 5.48. The first-order chi connectivity index (χ1) is 9.28. The van der Waals surface area contributed by atoms with E-state index in [1.807, 2.05) is 12.1 Å². The molecule has 0 aromatic heterocycles. The smallest absolute Gasteiger partial charge is 0.119 e. The fourth-order valence-corrected chi connectivity index (χ4v) is 2.41. The fourth-order valence-electron chi connectivity index (χ4n) is 2.41. The molecule has 0 radical (unpaired) electrons. The predicted molar refractivity (Wildman–Crippen MR) is 78.0 cm³/mol. The summed E-state index contributed by atoms with van der Waals surface area (Å²) in [5.41, 5.74) is 1.17. The van der Waals surface area contributed by atoms with Gasteiger partial charge in [-0.05, 0) is 50.7 Å². The highest BCUT2D eigenvalue weighted by Crippen LogP contribution is 2.19. The number of benzene rings is 1. The molecule has 4 heteroatoms. The van der Waals surface area contributed by atoms with Crippen LogP contribution in [0.5, 0.6) is 5.75 Å². The molecule has 1 atom stereocenters. The molecule has 1 fully saturated rings. The zero-order chi connectivity index (χ0) is 13.5. The van der Waals surface area contributed by atoms with Gasteiger partial charge in [0.15, 0.2) is 0 Å². The maximum Gasteiger partial charge on any atom is 0.119 e. The summed E-state index contributed by atoms with van der Waals surface area (Å²) < 4.78 is 10.5. The molecule has 1 saturated heterocycles. The van der Waals surface area contributed by atoms with Crippen LogP contribution in [0.4, 0.5) is 5.69 Å². The molecule has 1 aliphatic rings. The van der Waals surface area contributed by atoms with E-state index in [4.69, 9.17) is 9.47 Å². The highest BCUT2D eigenvalue weighted by atomic mass is 16.5. The van der Waals surface area contributed by atoms with Crippen LogP contribution in [0.2, 0.25) is 0 Å². The van der Waals surface area contributed by atoms with Crippen molar-refractivity contribution in [2.75, 3.05) is 45.8 Å². The van der Waals surface area contributed by atoms with E-state index in [9.17, 15) is 0 Å². The number of anilines is 1. The third-order valence-corrected chi connectivity index (χ3v) is 3.41. The van der Waals surface area contributed by atoms with Crippen molar-refractivity contribution in [3.63, 3.8) is 0 Å². The van der Waals surface area contributed by atoms with Gasteiger partial charge >= 0.3 is 0 Å². The van der Waals surface area contributed by atoms with Gasteiger partial charge in [-0.1, -0.05) is 0 Å². The SMILES string of the molecule is COCCOc1ccc(NC2CCCN(C)C2)cc1. The third kappa shape index (κ3) is 4.73. The molecule has 0 saturated carbocycles. The quantitative estimate of drug-likeness (QED) is 0.799. The number of likely N-dealkylation sites (tertiary alicyclic amines) is 1. The highest BCUT2D eigenvalue weighted by molar-refractivity contribution is 5.47. The molecular weight excluding hydrogens is 240 g/mol. The van der Waals surface area contributed by atoms with Gasteiger partial charge in [-0.3, -0.25) is 0 Å². The summed E-state index contributed by atoms with van der Waals surface area (Å²) >= 11 is 0. The largest absolute Gasteiger partial charge is 0.491 e. The third-order valence-electron chi connectivity index (χ3n) is 3.41. The second-order valence-electron chi connectivity index (χ2n) is 5.11. The average Bonchev–Trinajstić information content (AvgIpc) is 2.41. The minimum atomic E-state index is 0.555. The van der Waals surface area contributed by atoms with Gasteiger partial charge in [0.1, 0.15) is 12.4 Å². The molecule has 1 aromatic rings. The highest BCUT2D eigenvalue weighted by Gasteiger charge is 2.16. The van der Waals surface area contributed by atoms with Crippen molar-refractivity contribution in [1.29, 1.82) is 0 Å². The van der Waals surface area contributed by atoms with E-state index in [1.165, 1.54) is 25.1 Å². The van der Waals surface area contributed by atoms with Crippen LogP contribution >= 0.6 is 0 Å². The van der Waals surface area contributed by atoms with Crippen LogP contribution < -0.4 is 10.1 Å². The summed E-state index contributed by atoms with van der Waals surface area (Å²) in [6.07, 6.45) is 2.52. The molecule has 1 heterocycles. The molecule has 0 bridgehead atoms. The Morgan fingerprint density at radius 3 is 2.74 bits per heavy atom. The Balaban J connectivity index is 1.81. The van der Waals surface area contributed by atoms with Crippen LogP contribution in [-0.4, -0.2) is 51.4 Å². The number of likely N-dealkylation sites (N-methyl/N-ethyl adjacent to an activating group) is 1. The Bertz CT molecular complexity index is 367. The summed E-state index contributed by atoms with van der Waals surface area (Å²) in [6, 6.07) is 8.72. The zero-order valence-corrected chi connectivity index (χ0v) is 11.9. The van der Waals surface area contributed by atoms with E-state index in [1.54, 1.807) is 7.11 Å². The number of nitrogens with one attached hydrogen (secondary N) is 1. The van der Waals surface area contributed by atoms with E-state index in [-0.39, 0.29) is 0 Å². The van der Waals surface area contributed by atoms with Gasteiger partial charge < -0.3 is 19.7 Å². The van der Waals surface area contributed by atoms with Crippen molar-refractivity contribution in [1.82, 2.24) is 4.90 Å². The van der Waals surface area contributed by atoms with Crippen molar-refractivity contribution in [3.05, 3.63) is 24.3 Å². The van der Waals surface area contributed by atoms with E-state index in [0.29, 0.717) is 19.3 Å². The van der Waals surface area contributed by atoms with E-state index in [0.717, 1.165) is 12.3 Å². The summed E-state index contributed by atoms with van der Waals surface area (Å²) in [5, 5.41) is 3.58. The molecule has 1 aliphatic heterocycles. The predicted octanol–water partition coefficient (Wildman–Crippen LogP) is 2.22. The van der Waals surface area contributed by atoms with Crippen LogP contribution in [0.1, 0.15) is 12.8 Å². The maximum absolute atomic E-state index is 5.55. The monoisotopic (exact) mass is 264 g/mol. The van der Waals surface area contributed by atoms with Crippen LogP contribution in [-0.2, 0) is 4.74 Å². The molecule has 106 valence electrons. The molecular formula is C15H24N2O2. The summed E-state index contributed by atoms with van der Waals surface area (Å²) in [7, 11) is 3.86. The Morgan fingerprint density at radius 1 is 1.26 bits per heavy atom. The fraction of sp³-hybridized carbons (Fsp3) is 0.600. The molecule has 2 rings (SSSR count). The van der Waals surface area contributed by atoms with Crippen LogP contribution in [0.25, 0.3) is 0 Å². The first-order valence-electron chi connectivity index (χ1n) is 6.95. The number of piperidine rings is 1. The topological polar surface area (TPSA) is 33.7 Å². The van der Waals surface area contributed by atoms with Crippen molar-refractivity contribution >= 4 is 5.69 Å². The summed E-state index contributed by atoms with van der Waals surface area (Å²) in [4.78, 5) is 2.38. The molecule has 4 nitrogen and oxygen atoms in total. The number of ether oxygens (including phenoxy) is 2. The lowest BCUT2D eigenvalue weighted by Gasteiger charge is -2.30. The van der Waals surface area contributed by atoms with Gasteiger partial charge in [0.25, 0.3) is 0 Å². The first kappa shape index (κ1) is 14.2. The first-order valence-corrected chi connectivity index (χ1v) is 6.95. The maximum atomic E-state index is 5.55. The van der Waals surface area contributed by atoms with Gasteiger partial charge in [0, 0.05) is 25.4 Å². The molecule has 1 unspecified atom stereocenters.